The van der Waals surface area contributed by atoms with Gasteiger partial charge in [0.05, 0.1) is 11.0 Å². The highest BCUT2D eigenvalue weighted by Crippen LogP contribution is 2.43. The Morgan fingerprint density at radius 3 is 1.89 bits per heavy atom. The number of fused-ring (bicyclic) bond motifs is 7. The standard InChI is InChI=1S/C51H33N3O/c1-2-11-35(12-3-1)45-32-41(30-37-13-4-5-16-42(37)45)53(40-25-26-50-46(31-40)47-33-52-28-27-51(47)55-50)39-15-10-14-36(29-39)34-21-23-38(24-22-34)54-48-19-8-6-17-43(48)44-18-7-9-20-49(44)54/h1-33H. The number of benzene rings is 8. The van der Waals surface area contributed by atoms with Crippen molar-refractivity contribution < 1.29 is 4.42 Å². The summed E-state index contributed by atoms with van der Waals surface area (Å²) in [4.78, 5) is 6.79. The van der Waals surface area contributed by atoms with Crippen LogP contribution in [0.15, 0.2) is 205 Å². The molecule has 0 radical (unpaired) electrons. The van der Waals surface area contributed by atoms with Gasteiger partial charge in [0.15, 0.2) is 0 Å². The summed E-state index contributed by atoms with van der Waals surface area (Å²) < 4.78 is 8.60. The minimum Gasteiger partial charge on any atom is -0.456 e. The second kappa shape index (κ2) is 12.6. The molecule has 0 N–H and O–H groups in total. The first-order valence-electron chi connectivity index (χ1n) is 18.6. The van der Waals surface area contributed by atoms with E-state index in [0.717, 1.165) is 55.8 Å². The van der Waals surface area contributed by atoms with E-state index >= 15 is 0 Å². The zero-order valence-corrected chi connectivity index (χ0v) is 29.8. The molecule has 0 unspecified atom stereocenters. The molecule has 0 saturated carbocycles. The summed E-state index contributed by atoms with van der Waals surface area (Å²) in [5.74, 6) is 0. The van der Waals surface area contributed by atoms with Gasteiger partial charge in [-0.2, -0.15) is 0 Å². The van der Waals surface area contributed by atoms with E-state index in [0.29, 0.717) is 0 Å². The molecule has 8 aromatic carbocycles. The summed E-state index contributed by atoms with van der Waals surface area (Å²) in [5.41, 5.74) is 13.0. The summed E-state index contributed by atoms with van der Waals surface area (Å²) in [5, 5.41) is 6.96. The topological polar surface area (TPSA) is 34.2 Å². The maximum absolute atomic E-state index is 6.23. The number of anilines is 3. The van der Waals surface area contributed by atoms with Crippen LogP contribution in [0.5, 0.6) is 0 Å². The molecule has 0 aliphatic carbocycles. The largest absolute Gasteiger partial charge is 0.456 e. The third kappa shape index (κ3) is 5.19. The van der Waals surface area contributed by atoms with Crippen molar-refractivity contribution in [1.29, 1.82) is 0 Å². The smallest absolute Gasteiger partial charge is 0.138 e. The fourth-order valence-electron chi connectivity index (χ4n) is 8.30. The zero-order valence-electron chi connectivity index (χ0n) is 29.8. The maximum Gasteiger partial charge on any atom is 0.138 e. The quantitative estimate of drug-likeness (QED) is 0.173. The molecule has 258 valence electrons. The SMILES string of the molecule is c1ccc(-c2cc(N(c3cccc(-c4ccc(-n5c6ccccc6c6ccccc65)cc4)c3)c3ccc4oc5ccncc5c4c3)cc3ccccc23)cc1. The van der Waals surface area contributed by atoms with E-state index in [-0.39, 0.29) is 0 Å². The van der Waals surface area contributed by atoms with Gasteiger partial charge >= 0.3 is 0 Å². The molecule has 3 heterocycles. The van der Waals surface area contributed by atoms with Crippen molar-refractivity contribution in [3.8, 4) is 27.9 Å². The van der Waals surface area contributed by atoms with Gasteiger partial charge in [-0.1, -0.05) is 115 Å². The van der Waals surface area contributed by atoms with Crippen LogP contribution in [0, 0.1) is 0 Å². The van der Waals surface area contributed by atoms with Crippen LogP contribution in [0.4, 0.5) is 17.1 Å². The van der Waals surface area contributed by atoms with Crippen LogP contribution in [0.2, 0.25) is 0 Å². The fraction of sp³-hybridized carbons (Fsp3) is 0. The Balaban J connectivity index is 1.07. The van der Waals surface area contributed by atoms with Crippen molar-refractivity contribution in [1.82, 2.24) is 9.55 Å². The Kier molecular flexibility index (Phi) is 7.14. The summed E-state index contributed by atoms with van der Waals surface area (Å²) in [6.07, 6.45) is 3.67. The van der Waals surface area contributed by atoms with Crippen LogP contribution >= 0.6 is 0 Å². The molecule has 4 heteroatoms. The van der Waals surface area contributed by atoms with Gasteiger partial charge in [0.1, 0.15) is 11.2 Å². The molecule has 11 aromatic rings. The van der Waals surface area contributed by atoms with Gasteiger partial charge in [-0.3, -0.25) is 4.98 Å². The number of pyridine rings is 1. The molecule has 0 atom stereocenters. The Bertz CT molecular complexity index is 3160. The van der Waals surface area contributed by atoms with Gasteiger partial charge in [-0.05, 0) is 106 Å². The van der Waals surface area contributed by atoms with E-state index in [4.69, 9.17) is 4.42 Å². The number of rotatable bonds is 6. The van der Waals surface area contributed by atoms with Crippen molar-refractivity contribution in [2.75, 3.05) is 4.90 Å². The lowest BCUT2D eigenvalue weighted by Crippen LogP contribution is -2.10. The Morgan fingerprint density at radius 2 is 1.09 bits per heavy atom. The van der Waals surface area contributed by atoms with Gasteiger partial charge in [-0.25, -0.2) is 0 Å². The van der Waals surface area contributed by atoms with E-state index in [9.17, 15) is 0 Å². The van der Waals surface area contributed by atoms with Gasteiger partial charge in [0, 0.05) is 56.7 Å². The van der Waals surface area contributed by atoms with Crippen LogP contribution in [0.25, 0.3) is 82.5 Å². The van der Waals surface area contributed by atoms with Gasteiger partial charge in [-0.15, -0.1) is 0 Å². The molecule has 0 aliphatic heterocycles. The van der Waals surface area contributed by atoms with Crippen molar-refractivity contribution >= 4 is 71.6 Å². The number of nitrogens with zero attached hydrogens (tertiary/aromatic N) is 3. The van der Waals surface area contributed by atoms with E-state index in [1.54, 1.807) is 6.20 Å². The summed E-state index contributed by atoms with van der Waals surface area (Å²) >= 11 is 0. The van der Waals surface area contributed by atoms with Crippen molar-refractivity contribution in [2.45, 2.75) is 0 Å². The lowest BCUT2D eigenvalue weighted by molar-refractivity contribution is 0.668. The molecule has 0 bridgehead atoms. The van der Waals surface area contributed by atoms with Crippen LogP contribution in [-0.2, 0) is 0 Å². The Morgan fingerprint density at radius 1 is 0.418 bits per heavy atom. The summed E-state index contributed by atoms with van der Waals surface area (Å²) in [7, 11) is 0. The van der Waals surface area contributed by atoms with Crippen LogP contribution in [0.3, 0.4) is 0 Å². The molecule has 0 saturated heterocycles. The zero-order chi connectivity index (χ0) is 36.3. The average Bonchev–Trinajstić information content (AvgIpc) is 3.80. The van der Waals surface area contributed by atoms with Crippen molar-refractivity contribution in [3.05, 3.63) is 200 Å². The fourth-order valence-corrected chi connectivity index (χ4v) is 8.30. The predicted octanol–water partition coefficient (Wildman–Crippen LogP) is 14.0. The van der Waals surface area contributed by atoms with Crippen LogP contribution < -0.4 is 4.90 Å². The minimum atomic E-state index is 0.831. The molecule has 0 amide bonds. The molecule has 0 fully saturated rings. The van der Waals surface area contributed by atoms with E-state index in [1.165, 1.54) is 43.7 Å². The lowest BCUT2D eigenvalue weighted by Gasteiger charge is -2.27. The highest BCUT2D eigenvalue weighted by molar-refractivity contribution is 6.09. The monoisotopic (exact) mass is 703 g/mol. The second-order valence-electron chi connectivity index (χ2n) is 14.0. The van der Waals surface area contributed by atoms with Crippen LogP contribution in [0.1, 0.15) is 0 Å². The normalized spacial score (nSPS) is 11.6. The predicted molar refractivity (Wildman–Crippen MR) is 229 cm³/mol. The third-order valence-corrected chi connectivity index (χ3v) is 10.8. The van der Waals surface area contributed by atoms with E-state index < -0.39 is 0 Å². The molecule has 3 aromatic heterocycles. The van der Waals surface area contributed by atoms with E-state index in [2.05, 4.69) is 196 Å². The number of para-hydroxylation sites is 2. The maximum atomic E-state index is 6.23. The first-order chi connectivity index (χ1) is 27.3. The number of furan rings is 1. The molecular weight excluding hydrogens is 671 g/mol. The van der Waals surface area contributed by atoms with Crippen molar-refractivity contribution in [2.24, 2.45) is 0 Å². The van der Waals surface area contributed by atoms with Gasteiger partial charge in [0.2, 0.25) is 0 Å². The molecular formula is C51H33N3O. The summed E-state index contributed by atoms with van der Waals surface area (Å²) in [6, 6.07) is 67.4. The minimum absolute atomic E-state index is 0.831. The highest BCUT2D eigenvalue weighted by Gasteiger charge is 2.19. The highest BCUT2D eigenvalue weighted by atomic mass is 16.3. The van der Waals surface area contributed by atoms with Gasteiger partial charge < -0.3 is 13.9 Å². The van der Waals surface area contributed by atoms with Gasteiger partial charge in [0.25, 0.3) is 0 Å². The van der Waals surface area contributed by atoms with E-state index in [1.807, 2.05) is 12.3 Å². The number of aromatic nitrogens is 2. The summed E-state index contributed by atoms with van der Waals surface area (Å²) in [6.45, 7) is 0. The molecule has 4 nitrogen and oxygen atoms in total. The number of hydrogen-bond acceptors (Lipinski definition) is 3. The molecule has 0 aliphatic rings. The number of hydrogen-bond donors (Lipinski definition) is 0. The average molecular weight is 704 g/mol. The Hall–Kier alpha value is -7.43. The first kappa shape index (κ1) is 31.1. The molecule has 55 heavy (non-hydrogen) atoms. The second-order valence-corrected chi connectivity index (χ2v) is 14.0. The Labute approximate surface area is 317 Å². The molecule has 11 rings (SSSR count). The van der Waals surface area contributed by atoms with Crippen molar-refractivity contribution in [3.63, 3.8) is 0 Å². The first-order valence-corrected chi connectivity index (χ1v) is 18.6. The lowest BCUT2D eigenvalue weighted by atomic mass is 9.96. The van der Waals surface area contributed by atoms with Crippen LogP contribution in [-0.4, -0.2) is 9.55 Å². The third-order valence-electron chi connectivity index (χ3n) is 10.8. The molecule has 0 spiro atoms.